The second-order valence-electron chi connectivity index (χ2n) is 3.88. The molecule has 0 aliphatic carbocycles. The highest BCUT2D eigenvalue weighted by molar-refractivity contribution is 9.10. The topological polar surface area (TPSA) is 20.3 Å². The number of thiophene rings is 1. The summed E-state index contributed by atoms with van der Waals surface area (Å²) in [4.78, 5) is 14.2. The van der Waals surface area contributed by atoms with E-state index in [0.29, 0.717) is 5.56 Å². The molecule has 0 aliphatic rings. The molecule has 0 spiro atoms. The Morgan fingerprint density at radius 2 is 2.17 bits per heavy atom. The SMILES string of the molecule is CN(Cc1ccc(Cl)s1)c1cc(Br)ccc1C=O. The first-order valence-corrected chi connectivity index (χ1v) is 7.29. The zero-order valence-electron chi connectivity index (χ0n) is 9.69. The first-order chi connectivity index (χ1) is 8.60. The number of rotatable bonds is 4. The molecule has 0 fully saturated rings. The Labute approximate surface area is 123 Å². The third-order valence-corrected chi connectivity index (χ3v) is 4.26. The predicted octanol–water partition coefficient (Wildman–Crippen LogP) is 4.61. The van der Waals surface area contributed by atoms with Crippen LogP contribution in [0.3, 0.4) is 0 Å². The number of benzene rings is 1. The van der Waals surface area contributed by atoms with Crippen LogP contribution >= 0.6 is 38.9 Å². The number of carbonyl (C=O) groups excluding carboxylic acids is 1. The van der Waals surface area contributed by atoms with E-state index in [1.165, 1.54) is 4.88 Å². The van der Waals surface area contributed by atoms with E-state index in [2.05, 4.69) is 15.9 Å². The van der Waals surface area contributed by atoms with Gasteiger partial charge in [-0.05, 0) is 30.3 Å². The van der Waals surface area contributed by atoms with E-state index in [1.807, 2.05) is 42.3 Å². The van der Waals surface area contributed by atoms with Crippen molar-refractivity contribution in [2.24, 2.45) is 0 Å². The lowest BCUT2D eigenvalue weighted by molar-refractivity contribution is 0.112. The summed E-state index contributed by atoms with van der Waals surface area (Å²) in [6, 6.07) is 9.51. The number of nitrogens with zero attached hydrogens (tertiary/aromatic N) is 1. The molecule has 0 atom stereocenters. The largest absolute Gasteiger partial charge is 0.369 e. The summed E-state index contributed by atoms with van der Waals surface area (Å²) in [7, 11) is 1.96. The molecule has 2 nitrogen and oxygen atoms in total. The summed E-state index contributed by atoms with van der Waals surface area (Å²) < 4.78 is 1.74. The van der Waals surface area contributed by atoms with Crippen molar-refractivity contribution in [3.63, 3.8) is 0 Å². The minimum atomic E-state index is 0.684. The fraction of sp³-hybridized carbons (Fsp3) is 0.154. The lowest BCUT2D eigenvalue weighted by Gasteiger charge is -2.20. The normalized spacial score (nSPS) is 10.4. The van der Waals surface area contributed by atoms with Gasteiger partial charge in [-0.2, -0.15) is 0 Å². The Bertz CT molecular complexity index is 570. The second kappa shape index (κ2) is 5.87. The van der Waals surface area contributed by atoms with Gasteiger partial charge in [0.2, 0.25) is 0 Å². The average molecular weight is 345 g/mol. The van der Waals surface area contributed by atoms with Crippen LogP contribution in [-0.2, 0) is 6.54 Å². The number of aldehydes is 1. The molecule has 0 amide bonds. The standard InChI is InChI=1S/C13H11BrClNOS/c1-16(7-11-4-5-13(15)18-11)12-6-10(14)3-2-9(12)8-17/h2-6,8H,7H2,1H3. The van der Waals surface area contributed by atoms with Gasteiger partial charge in [0.1, 0.15) is 0 Å². The Balaban J connectivity index is 2.25. The summed E-state index contributed by atoms with van der Waals surface area (Å²) in [5, 5.41) is 0. The molecule has 18 heavy (non-hydrogen) atoms. The molecule has 0 radical (unpaired) electrons. The van der Waals surface area contributed by atoms with Gasteiger partial charge >= 0.3 is 0 Å². The number of hydrogen-bond acceptors (Lipinski definition) is 3. The van der Waals surface area contributed by atoms with E-state index in [9.17, 15) is 4.79 Å². The molecular weight excluding hydrogens is 334 g/mol. The Morgan fingerprint density at radius 3 is 2.78 bits per heavy atom. The maximum atomic E-state index is 11.0. The van der Waals surface area contributed by atoms with Crippen molar-refractivity contribution in [1.82, 2.24) is 0 Å². The van der Waals surface area contributed by atoms with Gasteiger partial charge in [-0.1, -0.05) is 27.5 Å². The molecule has 0 bridgehead atoms. The molecule has 1 aromatic carbocycles. The molecule has 94 valence electrons. The zero-order chi connectivity index (χ0) is 13.1. The molecule has 0 unspecified atom stereocenters. The van der Waals surface area contributed by atoms with Crippen LogP contribution < -0.4 is 4.90 Å². The van der Waals surface area contributed by atoms with Crippen molar-refractivity contribution in [3.8, 4) is 0 Å². The van der Waals surface area contributed by atoms with Gasteiger partial charge in [0, 0.05) is 27.6 Å². The minimum absolute atomic E-state index is 0.684. The molecule has 0 saturated carbocycles. The van der Waals surface area contributed by atoms with E-state index < -0.39 is 0 Å². The van der Waals surface area contributed by atoms with Crippen LogP contribution in [0.4, 0.5) is 5.69 Å². The highest BCUT2D eigenvalue weighted by atomic mass is 79.9. The molecule has 1 aromatic heterocycles. The Hall–Kier alpha value is -0.840. The fourth-order valence-electron chi connectivity index (χ4n) is 1.70. The van der Waals surface area contributed by atoms with E-state index in [1.54, 1.807) is 11.3 Å². The summed E-state index contributed by atoms with van der Waals surface area (Å²) in [5.41, 5.74) is 1.59. The zero-order valence-corrected chi connectivity index (χ0v) is 12.8. The average Bonchev–Trinajstić information content (AvgIpc) is 2.74. The van der Waals surface area contributed by atoms with Crippen molar-refractivity contribution >= 4 is 50.8 Å². The lowest BCUT2D eigenvalue weighted by atomic mass is 10.2. The molecule has 5 heteroatoms. The quantitative estimate of drug-likeness (QED) is 0.755. The number of carbonyl (C=O) groups is 1. The van der Waals surface area contributed by atoms with Crippen LogP contribution in [-0.4, -0.2) is 13.3 Å². The van der Waals surface area contributed by atoms with Crippen molar-refractivity contribution < 1.29 is 4.79 Å². The summed E-state index contributed by atoms with van der Waals surface area (Å²) in [6.45, 7) is 0.731. The predicted molar refractivity (Wildman–Crippen MR) is 81.0 cm³/mol. The summed E-state index contributed by atoms with van der Waals surface area (Å²) in [5.74, 6) is 0. The van der Waals surface area contributed by atoms with Crippen LogP contribution in [0.1, 0.15) is 15.2 Å². The molecule has 0 N–H and O–H groups in total. The van der Waals surface area contributed by atoms with Gasteiger partial charge in [-0.15, -0.1) is 11.3 Å². The van der Waals surface area contributed by atoms with Crippen LogP contribution in [0, 0.1) is 0 Å². The van der Waals surface area contributed by atoms with Gasteiger partial charge < -0.3 is 4.90 Å². The van der Waals surface area contributed by atoms with Gasteiger partial charge in [0.25, 0.3) is 0 Å². The van der Waals surface area contributed by atoms with E-state index in [4.69, 9.17) is 11.6 Å². The van der Waals surface area contributed by atoms with E-state index in [0.717, 1.165) is 27.3 Å². The lowest BCUT2D eigenvalue weighted by Crippen LogP contribution is -2.17. The molecule has 2 aromatic rings. The summed E-state index contributed by atoms with van der Waals surface area (Å²) in [6.07, 6.45) is 0.875. The Kier molecular flexibility index (Phi) is 4.43. The number of halogens is 2. The van der Waals surface area contributed by atoms with Crippen LogP contribution in [0.5, 0.6) is 0 Å². The van der Waals surface area contributed by atoms with E-state index in [-0.39, 0.29) is 0 Å². The monoisotopic (exact) mass is 343 g/mol. The van der Waals surface area contributed by atoms with Crippen molar-refractivity contribution in [2.75, 3.05) is 11.9 Å². The number of hydrogen-bond donors (Lipinski definition) is 0. The van der Waals surface area contributed by atoms with E-state index >= 15 is 0 Å². The highest BCUT2D eigenvalue weighted by Gasteiger charge is 2.09. The second-order valence-corrected chi connectivity index (χ2v) is 6.60. The van der Waals surface area contributed by atoms with Gasteiger partial charge in [0.15, 0.2) is 6.29 Å². The van der Waals surface area contributed by atoms with Gasteiger partial charge in [-0.25, -0.2) is 0 Å². The van der Waals surface area contributed by atoms with Crippen molar-refractivity contribution in [1.29, 1.82) is 0 Å². The first kappa shape index (κ1) is 13.6. The highest BCUT2D eigenvalue weighted by Crippen LogP contribution is 2.27. The first-order valence-electron chi connectivity index (χ1n) is 5.30. The molecule has 0 aliphatic heterocycles. The third-order valence-electron chi connectivity index (χ3n) is 2.55. The smallest absolute Gasteiger partial charge is 0.152 e. The summed E-state index contributed by atoms with van der Waals surface area (Å²) >= 11 is 10.9. The molecule has 0 saturated heterocycles. The third kappa shape index (κ3) is 3.13. The van der Waals surface area contributed by atoms with Crippen molar-refractivity contribution in [3.05, 3.63) is 49.6 Å². The van der Waals surface area contributed by atoms with Crippen molar-refractivity contribution in [2.45, 2.75) is 6.54 Å². The number of anilines is 1. The van der Waals surface area contributed by atoms with Crippen LogP contribution in [0.2, 0.25) is 4.34 Å². The maximum absolute atomic E-state index is 11.0. The van der Waals surface area contributed by atoms with Gasteiger partial charge in [0.05, 0.1) is 10.9 Å². The molecule has 1 heterocycles. The van der Waals surface area contributed by atoms with Crippen LogP contribution in [0.15, 0.2) is 34.8 Å². The molecule has 2 rings (SSSR count). The Morgan fingerprint density at radius 1 is 1.39 bits per heavy atom. The maximum Gasteiger partial charge on any atom is 0.152 e. The minimum Gasteiger partial charge on any atom is -0.369 e. The van der Waals surface area contributed by atoms with Gasteiger partial charge in [-0.3, -0.25) is 4.79 Å². The fourth-order valence-corrected chi connectivity index (χ4v) is 3.19. The molecular formula is C13H11BrClNOS. The van der Waals surface area contributed by atoms with Crippen LogP contribution in [0.25, 0.3) is 0 Å².